The van der Waals surface area contributed by atoms with Crippen molar-refractivity contribution >= 4 is 0 Å². The van der Waals surface area contributed by atoms with Gasteiger partial charge in [-0.2, -0.15) is 0 Å². The number of nitrogens with one attached hydrogen (secondary N) is 1. The Balaban J connectivity index is 2.37. The molecule has 0 saturated heterocycles. The Kier molecular flexibility index (Phi) is 4.69. The van der Waals surface area contributed by atoms with E-state index in [-0.39, 0.29) is 6.04 Å². The molecule has 1 unspecified atom stereocenters. The van der Waals surface area contributed by atoms with E-state index in [1.54, 1.807) is 0 Å². The fraction of sp³-hybridized carbons (Fsp3) is 0.353. The lowest BCUT2D eigenvalue weighted by Crippen LogP contribution is -2.24. The lowest BCUT2D eigenvalue weighted by Gasteiger charge is -2.20. The van der Waals surface area contributed by atoms with Gasteiger partial charge in [0, 0.05) is 6.20 Å². The Morgan fingerprint density at radius 3 is 2.63 bits per heavy atom. The molecule has 1 N–H and O–H groups in total. The van der Waals surface area contributed by atoms with Crippen molar-refractivity contribution in [3.63, 3.8) is 0 Å². The van der Waals surface area contributed by atoms with Gasteiger partial charge in [-0.05, 0) is 50.1 Å². The van der Waals surface area contributed by atoms with Crippen LogP contribution in [-0.2, 0) is 0 Å². The molecule has 0 amide bonds. The van der Waals surface area contributed by atoms with Crippen LogP contribution in [0.15, 0.2) is 42.6 Å². The third-order valence-corrected chi connectivity index (χ3v) is 3.32. The lowest BCUT2D eigenvalue weighted by molar-refractivity contribution is 0.584. The molecular weight excluding hydrogens is 232 g/mol. The second kappa shape index (κ2) is 6.48. The van der Waals surface area contributed by atoms with Crippen LogP contribution in [0.5, 0.6) is 0 Å². The summed E-state index contributed by atoms with van der Waals surface area (Å²) in [6, 6.07) is 12.9. The molecule has 2 rings (SSSR count). The van der Waals surface area contributed by atoms with Gasteiger partial charge in [0.2, 0.25) is 0 Å². The summed E-state index contributed by atoms with van der Waals surface area (Å²) in [5.41, 5.74) is 5.02. The molecule has 0 fully saturated rings. The van der Waals surface area contributed by atoms with Crippen LogP contribution in [0, 0.1) is 13.8 Å². The van der Waals surface area contributed by atoms with Crippen LogP contribution < -0.4 is 5.32 Å². The largest absolute Gasteiger partial charge is 0.305 e. The molecule has 0 saturated carbocycles. The zero-order valence-corrected chi connectivity index (χ0v) is 12.0. The molecule has 100 valence electrons. The van der Waals surface area contributed by atoms with Gasteiger partial charge in [0.25, 0.3) is 0 Å². The van der Waals surface area contributed by atoms with E-state index in [2.05, 4.69) is 55.3 Å². The van der Waals surface area contributed by atoms with Gasteiger partial charge in [0.1, 0.15) is 0 Å². The summed E-state index contributed by atoms with van der Waals surface area (Å²) >= 11 is 0. The van der Waals surface area contributed by atoms with Gasteiger partial charge in [-0.3, -0.25) is 4.98 Å². The fourth-order valence-corrected chi connectivity index (χ4v) is 2.36. The highest BCUT2D eigenvalue weighted by atomic mass is 14.9. The summed E-state index contributed by atoms with van der Waals surface area (Å²) in [6.07, 6.45) is 2.98. The van der Waals surface area contributed by atoms with E-state index in [9.17, 15) is 0 Å². The topological polar surface area (TPSA) is 24.9 Å². The molecule has 0 radical (unpaired) electrons. The Morgan fingerprint density at radius 1 is 1.16 bits per heavy atom. The quantitative estimate of drug-likeness (QED) is 0.878. The second-order valence-corrected chi connectivity index (χ2v) is 5.00. The standard InChI is InChI=1S/C17H22N2/c1-4-10-19-17(16-7-5-6-11-18-16)15-9-8-13(2)12-14(15)3/h5-9,11-12,17,19H,4,10H2,1-3H3. The maximum absolute atomic E-state index is 4.51. The zero-order chi connectivity index (χ0) is 13.7. The van der Waals surface area contributed by atoms with Gasteiger partial charge in [-0.1, -0.05) is 36.8 Å². The fourth-order valence-electron chi connectivity index (χ4n) is 2.36. The first-order chi connectivity index (χ1) is 9.22. The first-order valence-corrected chi connectivity index (χ1v) is 6.94. The summed E-state index contributed by atoms with van der Waals surface area (Å²) in [5.74, 6) is 0. The molecule has 1 atom stereocenters. The van der Waals surface area contributed by atoms with Crippen molar-refractivity contribution in [2.75, 3.05) is 6.54 Å². The summed E-state index contributed by atoms with van der Waals surface area (Å²) in [6.45, 7) is 7.48. The van der Waals surface area contributed by atoms with Gasteiger partial charge < -0.3 is 5.32 Å². The number of rotatable bonds is 5. The Hall–Kier alpha value is -1.67. The predicted octanol–water partition coefficient (Wildman–Crippen LogP) is 3.79. The number of hydrogen-bond acceptors (Lipinski definition) is 2. The predicted molar refractivity (Wildman–Crippen MR) is 80.3 cm³/mol. The monoisotopic (exact) mass is 254 g/mol. The third-order valence-electron chi connectivity index (χ3n) is 3.32. The van der Waals surface area contributed by atoms with Crippen molar-refractivity contribution < 1.29 is 0 Å². The number of benzene rings is 1. The highest BCUT2D eigenvalue weighted by molar-refractivity contribution is 5.36. The first kappa shape index (κ1) is 13.8. The van der Waals surface area contributed by atoms with Crippen molar-refractivity contribution in [2.24, 2.45) is 0 Å². The van der Waals surface area contributed by atoms with Gasteiger partial charge >= 0.3 is 0 Å². The van der Waals surface area contributed by atoms with E-state index < -0.39 is 0 Å². The lowest BCUT2D eigenvalue weighted by atomic mass is 9.96. The molecule has 2 nitrogen and oxygen atoms in total. The first-order valence-electron chi connectivity index (χ1n) is 6.94. The highest BCUT2D eigenvalue weighted by Gasteiger charge is 2.16. The Morgan fingerprint density at radius 2 is 2.00 bits per heavy atom. The van der Waals surface area contributed by atoms with Gasteiger partial charge in [-0.15, -0.1) is 0 Å². The van der Waals surface area contributed by atoms with Gasteiger partial charge in [-0.25, -0.2) is 0 Å². The number of aryl methyl sites for hydroxylation is 2. The minimum Gasteiger partial charge on any atom is -0.305 e. The highest BCUT2D eigenvalue weighted by Crippen LogP contribution is 2.24. The Labute approximate surface area is 115 Å². The molecule has 0 aliphatic rings. The number of nitrogens with zero attached hydrogens (tertiary/aromatic N) is 1. The van der Waals surface area contributed by atoms with E-state index in [1.165, 1.54) is 16.7 Å². The van der Waals surface area contributed by atoms with E-state index >= 15 is 0 Å². The smallest absolute Gasteiger partial charge is 0.0753 e. The summed E-state index contributed by atoms with van der Waals surface area (Å²) < 4.78 is 0. The maximum atomic E-state index is 4.51. The van der Waals surface area contributed by atoms with Crippen LogP contribution >= 0.6 is 0 Å². The van der Waals surface area contributed by atoms with Crippen molar-refractivity contribution in [3.8, 4) is 0 Å². The number of aromatic nitrogens is 1. The third kappa shape index (κ3) is 3.42. The molecule has 0 aliphatic carbocycles. The van der Waals surface area contributed by atoms with Crippen molar-refractivity contribution in [3.05, 3.63) is 65.0 Å². The van der Waals surface area contributed by atoms with Crippen LogP contribution in [0.1, 0.15) is 41.8 Å². The maximum Gasteiger partial charge on any atom is 0.0753 e. The SMILES string of the molecule is CCCNC(c1ccccn1)c1ccc(C)cc1C. The molecule has 2 heteroatoms. The average Bonchev–Trinajstić information content (AvgIpc) is 2.42. The van der Waals surface area contributed by atoms with Crippen LogP contribution in [-0.4, -0.2) is 11.5 Å². The molecule has 0 spiro atoms. The normalized spacial score (nSPS) is 12.4. The van der Waals surface area contributed by atoms with E-state index in [0.29, 0.717) is 0 Å². The molecule has 1 heterocycles. The van der Waals surface area contributed by atoms with Crippen molar-refractivity contribution in [1.82, 2.24) is 10.3 Å². The van der Waals surface area contributed by atoms with Crippen molar-refractivity contribution in [2.45, 2.75) is 33.2 Å². The number of hydrogen-bond donors (Lipinski definition) is 1. The van der Waals surface area contributed by atoms with Gasteiger partial charge in [0.15, 0.2) is 0 Å². The van der Waals surface area contributed by atoms with Gasteiger partial charge in [0.05, 0.1) is 11.7 Å². The van der Waals surface area contributed by atoms with Crippen molar-refractivity contribution in [1.29, 1.82) is 0 Å². The number of pyridine rings is 1. The van der Waals surface area contributed by atoms with Crippen LogP contribution in [0.2, 0.25) is 0 Å². The molecule has 0 aliphatic heterocycles. The van der Waals surface area contributed by atoms with Crippen LogP contribution in [0.4, 0.5) is 0 Å². The molecular formula is C17H22N2. The summed E-state index contributed by atoms with van der Waals surface area (Å²) in [4.78, 5) is 4.51. The van der Waals surface area contributed by atoms with Crippen LogP contribution in [0.3, 0.4) is 0 Å². The minimum atomic E-state index is 0.182. The van der Waals surface area contributed by atoms with E-state index in [0.717, 1.165) is 18.7 Å². The molecule has 19 heavy (non-hydrogen) atoms. The summed E-state index contributed by atoms with van der Waals surface area (Å²) in [5, 5.41) is 3.60. The van der Waals surface area contributed by atoms with E-state index in [4.69, 9.17) is 0 Å². The van der Waals surface area contributed by atoms with E-state index in [1.807, 2.05) is 18.3 Å². The Bertz CT molecular complexity index is 520. The second-order valence-electron chi connectivity index (χ2n) is 5.00. The molecule has 1 aromatic carbocycles. The molecule has 0 bridgehead atoms. The molecule has 1 aromatic heterocycles. The minimum absolute atomic E-state index is 0.182. The summed E-state index contributed by atoms with van der Waals surface area (Å²) in [7, 11) is 0. The average molecular weight is 254 g/mol. The molecule has 2 aromatic rings. The zero-order valence-electron chi connectivity index (χ0n) is 12.0. The van der Waals surface area contributed by atoms with Crippen LogP contribution in [0.25, 0.3) is 0 Å².